The van der Waals surface area contributed by atoms with Gasteiger partial charge in [0.25, 0.3) is 0 Å². The van der Waals surface area contributed by atoms with E-state index in [2.05, 4.69) is 12.2 Å². The topological polar surface area (TPSA) is 55.4 Å². The first-order valence-corrected chi connectivity index (χ1v) is 5.57. The molecule has 0 saturated heterocycles. The first-order chi connectivity index (χ1) is 7.16. The molecule has 1 amide bonds. The Kier molecular flexibility index (Phi) is 8.82. The van der Waals surface area contributed by atoms with E-state index in [1.54, 1.807) is 0 Å². The van der Waals surface area contributed by atoms with Gasteiger partial charge in [0.15, 0.2) is 0 Å². The Balaban J connectivity index is 3.22. The number of carbonyl (C=O) groups excluding carboxylic acids is 2. The number of hydrogen-bond donors (Lipinski definition) is 1. The third-order valence-electron chi connectivity index (χ3n) is 1.96. The van der Waals surface area contributed by atoms with Crippen LogP contribution in [0.2, 0.25) is 0 Å². The molecule has 0 radical (unpaired) electrons. The fourth-order valence-electron chi connectivity index (χ4n) is 1.13. The summed E-state index contributed by atoms with van der Waals surface area (Å²) in [5, 5.41) is 2.55. The van der Waals surface area contributed by atoms with Crippen LogP contribution in [-0.2, 0) is 14.3 Å². The summed E-state index contributed by atoms with van der Waals surface area (Å²) < 4.78 is 4.98. The first kappa shape index (κ1) is 13.9. The van der Waals surface area contributed by atoms with Gasteiger partial charge in [0.1, 0.15) is 0 Å². The highest BCUT2D eigenvalue weighted by Gasteiger charge is 2.02. The average Bonchev–Trinajstić information content (AvgIpc) is 2.17. The summed E-state index contributed by atoms with van der Waals surface area (Å²) in [4.78, 5) is 21.6. The molecule has 0 aliphatic heterocycles. The van der Waals surface area contributed by atoms with Crippen molar-refractivity contribution in [2.45, 2.75) is 46.0 Å². The number of ether oxygens (including phenoxy) is 1. The molecular formula is C11H21NO3. The molecule has 0 atom stereocenters. The van der Waals surface area contributed by atoms with Crippen molar-refractivity contribution < 1.29 is 14.3 Å². The van der Waals surface area contributed by atoms with Crippen molar-refractivity contribution in [2.24, 2.45) is 0 Å². The van der Waals surface area contributed by atoms with Crippen molar-refractivity contribution in [3.8, 4) is 0 Å². The predicted molar refractivity (Wildman–Crippen MR) is 58.4 cm³/mol. The van der Waals surface area contributed by atoms with Crippen LogP contribution in [0.15, 0.2) is 0 Å². The molecule has 4 nitrogen and oxygen atoms in total. The maximum absolute atomic E-state index is 11.1. The van der Waals surface area contributed by atoms with Crippen LogP contribution < -0.4 is 5.32 Å². The van der Waals surface area contributed by atoms with Crippen LogP contribution in [0, 0.1) is 0 Å². The van der Waals surface area contributed by atoms with Crippen LogP contribution in [0.5, 0.6) is 0 Å². The van der Waals surface area contributed by atoms with E-state index in [1.165, 1.54) is 19.8 Å². The van der Waals surface area contributed by atoms with Crippen LogP contribution in [0.25, 0.3) is 0 Å². The van der Waals surface area contributed by atoms with Gasteiger partial charge in [-0.2, -0.15) is 0 Å². The largest absolute Gasteiger partial charge is 0.466 e. The van der Waals surface area contributed by atoms with E-state index in [4.69, 9.17) is 4.74 Å². The van der Waals surface area contributed by atoms with Gasteiger partial charge in [0, 0.05) is 13.5 Å². The fourth-order valence-corrected chi connectivity index (χ4v) is 1.13. The van der Waals surface area contributed by atoms with Crippen molar-refractivity contribution in [1.82, 2.24) is 5.32 Å². The van der Waals surface area contributed by atoms with Crippen LogP contribution in [0.3, 0.4) is 0 Å². The van der Waals surface area contributed by atoms with Crippen LogP contribution in [0.1, 0.15) is 46.0 Å². The molecular weight excluding hydrogens is 194 g/mol. The van der Waals surface area contributed by atoms with Gasteiger partial charge >= 0.3 is 5.97 Å². The monoisotopic (exact) mass is 215 g/mol. The van der Waals surface area contributed by atoms with E-state index in [9.17, 15) is 9.59 Å². The Morgan fingerprint density at radius 1 is 1.20 bits per heavy atom. The Morgan fingerprint density at radius 2 is 1.93 bits per heavy atom. The molecule has 0 aromatic heterocycles. The number of carbonyl (C=O) groups is 2. The second-order valence-corrected chi connectivity index (χ2v) is 3.51. The Hall–Kier alpha value is -1.06. The third kappa shape index (κ3) is 10.9. The molecule has 0 bridgehead atoms. The van der Waals surface area contributed by atoms with Crippen molar-refractivity contribution in [3.63, 3.8) is 0 Å². The Bertz CT molecular complexity index is 192. The first-order valence-electron chi connectivity index (χ1n) is 5.57. The molecule has 1 N–H and O–H groups in total. The summed E-state index contributed by atoms with van der Waals surface area (Å²) in [5.41, 5.74) is 0. The van der Waals surface area contributed by atoms with Gasteiger partial charge in [0.2, 0.25) is 5.91 Å². The number of hydrogen-bond acceptors (Lipinski definition) is 3. The molecule has 0 heterocycles. The molecule has 0 aliphatic rings. The quantitative estimate of drug-likeness (QED) is 0.494. The fraction of sp³-hybridized carbons (Fsp3) is 0.818. The number of amides is 1. The molecule has 4 heteroatoms. The lowest BCUT2D eigenvalue weighted by Gasteiger charge is -2.04. The van der Waals surface area contributed by atoms with E-state index in [1.807, 2.05) is 0 Å². The van der Waals surface area contributed by atoms with E-state index in [0.717, 1.165) is 12.8 Å². The normalized spacial score (nSPS) is 9.73. The van der Waals surface area contributed by atoms with Crippen molar-refractivity contribution in [3.05, 3.63) is 0 Å². The van der Waals surface area contributed by atoms with E-state index < -0.39 is 0 Å². The zero-order valence-corrected chi connectivity index (χ0v) is 9.67. The lowest BCUT2D eigenvalue weighted by atomic mass is 10.2. The molecule has 0 aliphatic carbocycles. The SMILES string of the molecule is CCCCCCOC(=O)CCNC(C)=O. The number of unbranched alkanes of at least 4 members (excludes halogenated alkanes) is 3. The summed E-state index contributed by atoms with van der Waals surface area (Å²) in [5.74, 6) is -0.356. The number of rotatable bonds is 8. The Morgan fingerprint density at radius 3 is 2.53 bits per heavy atom. The Labute approximate surface area is 91.4 Å². The van der Waals surface area contributed by atoms with E-state index in [-0.39, 0.29) is 18.3 Å². The summed E-state index contributed by atoms with van der Waals surface area (Å²) in [6.45, 7) is 4.43. The maximum Gasteiger partial charge on any atom is 0.307 e. The van der Waals surface area contributed by atoms with Gasteiger partial charge in [-0.05, 0) is 6.42 Å². The summed E-state index contributed by atoms with van der Waals surface area (Å²) >= 11 is 0. The van der Waals surface area contributed by atoms with E-state index >= 15 is 0 Å². The van der Waals surface area contributed by atoms with Gasteiger partial charge in [0.05, 0.1) is 13.0 Å². The van der Waals surface area contributed by atoms with E-state index in [0.29, 0.717) is 13.2 Å². The number of esters is 1. The van der Waals surface area contributed by atoms with Crippen molar-refractivity contribution >= 4 is 11.9 Å². The molecule has 88 valence electrons. The van der Waals surface area contributed by atoms with Crippen LogP contribution in [-0.4, -0.2) is 25.0 Å². The van der Waals surface area contributed by atoms with Gasteiger partial charge in [-0.25, -0.2) is 0 Å². The minimum Gasteiger partial charge on any atom is -0.466 e. The molecule has 0 fully saturated rings. The summed E-state index contributed by atoms with van der Waals surface area (Å²) in [6, 6.07) is 0. The second kappa shape index (κ2) is 9.49. The van der Waals surface area contributed by atoms with Crippen LogP contribution in [0.4, 0.5) is 0 Å². The maximum atomic E-state index is 11.1. The second-order valence-electron chi connectivity index (χ2n) is 3.51. The molecule has 0 aromatic rings. The van der Waals surface area contributed by atoms with Gasteiger partial charge in [-0.3, -0.25) is 9.59 Å². The molecule has 0 saturated carbocycles. The lowest BCUT2D eigenvalue weighted by Crippen LogP contribution is -2.23. The standard InChI is InChI=1S/C11H21NO3/c1-3-4-5-6-9-15-11(14)7-8-12-10(2)13/h3-9H2,1-2H3,(H,12,13). The highest BCUT2D eigenvalue weighted by molar-refractivity contribution is 5.74. The zero-order valence-electron chi connectivity index (χ0n) is 9.67. The number of nitrogens with one attached hydrogen (secondary N) is 1. The highest BCUT2D eigenvalue weighted by Crippen LogP contribution is 1.99. The van der Waals surface area contributed by atoms with Crippen molar-refractivity contribution in [1.29, 1.82) is 0 Å². The van der Waals surface area contributed by atoms with Crippen LogP contribution >= 0.6 is 0 Å². The average molecular weight is 215 g/mol. The smallest absolute Gasteiger partial charge is 0.307 e. The highest BCUT2D eigenvalue weighted by atomic mass is 16.5. The van der Waals surface area contributed by atoms with Crippen molar-refractivity contribution in [2.75, 3.05) is 13.2 Å². The van der Waals surface area contributed by atoms with Gasteiger partial charge in [-0.15, -0.1) is 0 Å². The molecule has 15 heavy (non-hydrogen) atoms. The van der Waals surface area contributed by atoms with Gasteiger partial charge < -0.3 is 10.1 Å². The minimum atomic E-state index is -0.236. The summed E-state index contributed by atoms with van der Waals surface area (Å²) in [6.07, 6.45) is 4.66. The molecule has 0 aromatic carbocycles. The third-order valence-corrected chi connectivity index (χ3v) is 1.96. The molecule has 0 spiro atoms. The predicted octanol–water partition coefficient (Wildman–Crippen LogP) is 1.64. The molecule has 0 rings (SSSR count). The zero-order chi connectivity index (χ0) is 11.5. The lowest BCUT2D eigenvalue weighted by molar-refractivity contribution is -0.143. The minimum absolute atomic E-state index is 0.120. The molecule has 0 unspecified atom stereocenters. The summed E-state index contributed by atoms with van der Waals surface area (Å²) in [7, 11) is 0. The van der Waals surface area contributed by atoms with Gasteiger partial charge in [-0.1, -0.05) is 26.2 Å².